The van der Waals surface area contributed by atoms with Crippen molar-refractivity contribution in [2.45, 2.75) is 246 Å². The molecular weight excluding hydrogens is 568 g/mol. The van der Waals surface area contributed by atoms with Crippen LogP contribution < -0.4 is 0 Å². The third-order valence-corrected chi connectivity index (χ3v) is 9.41. The molecule has 1 unspecified atom stereocenters. The van der Waals surface area contributed by atoms with Gasteiger partial charge in [0.05, 0.1) is 12.5 Å². The van der Waals surface area contributed by atoms with Crippen LogP contribution in [0.3, 0.4) is 0 Å². The van der Waals surface area contributed by atoms with Gasteiger partial charge in [0, 0.05) is 6.42 Å². The number of hydrogen-bond donors (Lipinski definition) is 1. The van der Waals surface area contributed by atoms with Gasteiger partial charge in [-0.2, -0.15) is 0 Å². The van der Waals surface area contributed by atoms with Gasteiger partial charge < -0.3 is 9.84 Å². The lowest BCUT2D eigenvalue weighted by molar-refractivity contribution is -0.144. The van der Waals surface area contributed by atoms with E-state index < -0.39 is 5.97 Å². The topological polar surface area (TPSA) is 63.6 Å². The number of ether oxygens (including phenoxy) is 1. The molecular formula is C42H84O4. The highest BCUT2D eigenvalue weighted by Crippen LogP contribution is 2.19. The van der Waals surface area contributed by atoms with Crippen LogP contribution in [0.25, 0.3) is 0 Å². The minimum Gasteiger partial charge on any atom is -0.481 e. The Hall–Kier alpha value is -1.06. The summed E-state index contributed by atoms with van der Waals surface area (Å²) in [6, 6.07) is 0. The maximum Gasteiger partial charge on any atom is 0.306 e. The zero-order valence-electron chi connectivity index (χ0n) is 32.0. The molecule has 0 aromatic heterocycles. The van der Waals surface area contributed by atoms with Crippen molar-refractivity contribution in [2.75, 3.05) is 6.61 Å². The van der Waals surface area contributed by atoms with Crippen molar-refractivity contribution in [2.24, 2.45) is 5.92 Å². The van der Waals surface area contributed by atoms with E-state index in [4.69, 9.17) is 4.74 Å². The standard InChI is InChI=1S/2C21H42O2/c1-3-5-7-9-10-11-12-13-14-15-17-19-20(21(22)23)18-16-8-6-4-2;1-3-5-7-9-10-11-12-13-14-16-18-20-23-21(22)19-17-15-8-6-4-2/h20H,3-19H2,1-2H3,(H,22,23);3-20H2,1-2H3. The summed E-state index contributed by atoms with van der Waals surface area (Å²) >= 11 is 0. The van der Waals surface area contributed by atoms with Crippen LogP contribution in [-0.2, 0) is 14.3 Å². The third-order valence-electron chi connectivity index (χ3n) is 9.41. The van der Waals surface area contributed by atoms with Crippen LogP contribution in [0, 0.1) is 5.92 Å². The second kappa shape index (κ2) is 42.0. The fraction of sp³-hybridized carbons (Fsp3) is 0.952. The van der Waals surface area contributed by atoms with Crippen molar-refractivity contribution >= 4 is 11.9 Å². The number of hydrogen-bond acceptors (Lipinski definition) is 3. The van der Waals surface area contributed by atoms with Gasteiger partial charge in [0.2, 0.25) is 0 Å². The van der Waals surface area contributed by atoms with Crippen molar-refractivity contribution < 1.29 is 19.4 Å². The van der Waals surface area contributed by atoms with Crippen LogP contribution >= 0.6 is 0 Å². The summed E-state index contributed by atoms with van der Waals surface area (Å²) in [7, 11) is 0. The zero-order chi connectivity index (χ0) is 34.2. The van der Waals surface area contributed by atoms with E-state index in [2.05, 4.69) is 27.7 Å². The molecule has 1 N–H and O–H groups in total. The number of unbranched alkanes of at least 4 members (excludes halogenated alkanes) is 27. The fourth-order valence-electron chi connectivity index (χ4n) is 6.16. The molecule has 0 aliphatic heterocycles. The predicted molar refractivity (Wildman–Crippen MR) is 202 cm³/mol. The molecule has 0 heterocycles. The van der Waals surface area contributed by atoms with Crippen LogP contribution in [0.15, 0.2) is 0 Å². The number of carbonyl (C=O) groups excluding carboxylic acids is 1. The van der Waals surface area contributed by atoms with E-state index >= 15 is 0 Å². The fourth-order valence-corrected chi connectivity index (χ4v) is 6.16. The van der Waals surface area contributed by atoms with Gasteiger partial charge in [0.15, 0.2) is 0 Å². The Balaban J connectivity index is 0. The Morgan fingerprint density at radius 2 is 0.696 bits per heavy atom. The molecule has 46 heavy (non-hydrogen) atoms. The average molecular weight is 653 g/mol. The Labute approximate surface area is 289 Å². The summed E-state index contributed by atoms with van der Waals surface area (Å²) < 4.78 is 5.29. The molecule has 0 aliphatic carbocycles. The van der Waals surface area contributed by atoms with E-state index in [-0.39, 0.29) is 11.9 Å². The van der Waals surface area contributed by atoms with Gasteiger partial charge in [-0.1, -0.05) is 214 Å². The maximum atomic E-state index is 11.5. The Bertz CT molecular complexity index is 588. The number of esters is 1. The molecule has 276 valence electrons. The SMILES string of the molecule is CCCCCCCCCCCCCC(CCCCCC)C(=O)O.CCCCCCCCCCCCCOC(=O)CCCCCCC. The molecule has 0 aliphatic rings. The van der Waals surface area contributed by atoms with Gasteiger partial charge in [-0.15, -0.1) is 0 Å². The van der Waals surface area contributed by atoms with E-state index in [0.717, 1.165) is 38.5 Å². The highest BCUT2D eigenvalue weighted by molar-refractivity contribution is 5.69. The maximum absolute atomic E-state index is 11.5. The number of rotatable bonds is 36. The van der Waals surface area contributed by atoms with Gasteiger partial charge in [-0.25, -0.2) is 0 Å². The van der Waals surface area contributed by atoms with Crippen LogP contribution in [0.2, 0.25) is 0 Å². The van der Waals surface area contributed by atoms with Crippen molar-refractivity contribution in [3.8, 4) is 0 Å². The first kappa shape index (κ1) is 47.1. The van der Waals surface area contributed by atoms with Gasteiger partial charge in [-0.3, -0.25) is 9.59 Å². The summed E-state index contributed by atoms with van der Waals surface area (Å²) in [6.07, 6.45) is 42.4. The van der Waals surface area contributed by atoms with Gasteiger partial charge in [-0.05, 0) is 25.7 Å². The van der Waals surface area contributed by atoms with Crippen molar-refractivity contribution in [3.63, 3.8) is 0 Å². The number of carboxylic acids is 1. The number of carbonyl (C=O) groups is 2. The van der Waals surface area contributed by atoms with Crippen molar-refractivity contribution in [3.05, 3.63) is 0 Å². The number of aliphatic carboxylic acids is 1. The molecule has 4 nitrogen and oxygen atoms in total. The largest absolute Gasteiger partial charge is 0.481 e. The summed E-state index contributed by atoms with van der Waals surface area (Å²) in [5.74, 6) is -0.660. The minimum absolute atomic E-state index is 0.00794. The van der Waals surface area contributed by atoms with E-state index in [1.165, 1.54) is 173 Å². The lowest BCUT2D eigenvalue weighted by Crippen LogP contribution is -2.13. The lowest BCUT2D eigenvalue weighted by atomic mass is 9.94. The molecule has 0 fully saturated rings. The first-order valence-electron chi connectivity index (χ1n) is 20.9. The molecule has 0 amide bonds. The van der Waals surface area contributed by atoms with Crippen molar-refractivity contribution in [1.29, 1.82) is 0 Å². The molecule has 0 spiro atoms. The van der Waals surface area contributed by atoms with Crippen LogP contribution in [0.1, 0.15) is 246 Å². The zero-order valence-corrected chi connectivity index (χ0v) is 32.0. The molecule has 0 aromatic rings. The van der Waals surface area contributed by atoms with E-state index in [1.54, 1.807) is 0 Å². The molecule has 0 aromatic carbocycles. The first-order valence-corrected chi connectivity index (χ1v) is 20.9. The second-order valence-corrected chi connectivity index (χ2v) is 14.1. The van der Waals surface area contributed by atoms with Gasteiger partial charge >= 0.3 is 11.9 Å². The van der Waals surface area contributed by atoms with E-state index in [0.29, 0.717) is 13.0 Å². The summed E-state index contributed by atoms with van der Waals surface area (Å²) in [6.45, 7) is 9.57. The molecule has 0 saturated carbocycles. The average Bonchev–Trinajstić information content (AvgIpc) is 3.05. The molecule has 0 saturated heterocycles. The molecule has 1 atom stereocenters. The quantitative estimate of drug-likeness (QED) is 0.0540. The first-order chi connectivity index (χ1) is 22.5. The van der Waals surface area contributed by atoms with Gasteiger partial charge in [0.25, 0.3) is 0 Å². The smallest absolute Gasteiger partial charge is 0.306 e. The normalized spacial score (nSPS) is 11.7. The molecule has 4 heteroatoms. The number of carboxylic acid groups (broad SMARTS) is 1. The predicted octanol–water partition coefficient (Wildman–Crippen LogP) is 14.6. The monoisotopic (exact) mass is 653 g/mol. The van der Waals surface area contributed by atoms with Crippen LogP contribution in [-0.4, -0.2) is 23.7 Å². The van der Waals surface area contributed by atoms with E-state index in [9.17, 15) is 14.7 Å². The molecule has 0 rings (SSSR count). The molecule has 0 bridgehead atoms. The Morgan fingerprint density at radius 1 is 0.413 bits per heavy atom. The van der Waals surface area contributed by atoms with Crippen LogP contribution in [0.4, 0.5) is 0 Å². The lowest BCUT2D eigenvalue weighted by Gasteiger charge is -2.12. The molecule has 0 radical (unpaired) electrons. The third kappa shape index (κ3) is 41.0. The van der Waals surface area contributed by atoms with E-state index in [1.807, 2.05) is 0 Å². The Kier molecular flexibility index (Phi) is 42.9. The van der Waals surface area contributed by atoms with Crippen molar-refractivity contribution in [1.82, 2.24) is 0 Å². The highest BCUT2D eigenvalue weighted by Gasteiger charge is 2.16. The highest BCUT2D eigenvalue weighted by atomic mass is 16.5. The Morgan fingerprint density at radius 3 is 1.04 bits per heavy atom. The van der Waals surface area contributed by atoms with Crippen LogP contribution in [0.5, 0.6) is 0 Å². The summed E-state index contributed by atoms with van der Waals surface area (Å²) in [4.78, 5) is 22.8. The second-order valence-electron chi connectivity index (χ2n) is 14.1. The van der Waals surface area contributed by atoms with Gasteiger partial charge in [0.1, 0.15) is 0 Å². The summed E-state index contributed by atoms with van der Waals surface area (Å²) in [5.41, 5.74) is 0. The summed E-state index contributed by atoms with van der Waals surface area (Å²) in [5, 5.41) is 9.29. The minimum atomic E-state index is -0.575.